The third-order valence-corrected chi connectivity index (χ3v) is 5.93. The summed E-state index contributed by atoms with van der Waals surface area (Å²) in [6.07, 6.45) is 3.51. The van der Waals surface area contributed by atoms with Gasteiger partial charge in [0.1, 0.15) is 5.15 Å². The molecule has 0 amide bonds. The average molecular weight is 401 g/mol. The molecule has 0 atom stereocenters. The molecule has 2 aromatic heterocycles. The molecular weight excluding hydrogens is 382 g/mol. The number of aromatic nitrogens is 2. The van der Waals surface area contributed by atoms with Crippen molar-refractivity contribution in [2.75, 3.05) is 0 Å². The molecule has 0 saturated carbocycles. The first-order chi connectivity index (χ1) is 12.7. The second-order valence-corrected chi connectivity index (χ2v) is 8.48. The van der Waals surface area contributed by atoms with Crippen LogP contribution >= 0.6 is 23.2 Å². The van der Waals surface area contributed by atoms with Crippen molar-refractivity contribution in [1.82, 2.24) is 9.97 Å². The van der Waals surface area contributed by atoms with Gasteiger partial charge in [0.15, 0.2) is 0 Å². The molecule has 0 spiro atoms. The number of halogens is 2. The van der Waals surface area contributed by atoms with Gasteiger partial charge in [0.2, 0.25) is 0 Å². The highest BCUT2D eigenvalue weighted by Crippen LogP contribution is 2.38. The number of pyridine rings is 2. The van der Waals surface area contributed by atoms with Crippen LogP contribution in [0.25, 0.3) is 22.0 Å². The summed E-state index contributed by atoms with van der Waals surface area (Å²) in [5.74, 6) is 0. The van der Waals surface area contributed by atoms with Gasteiger partial charge in [0.05, 0.1) is 16.9 Å². The molecule has 27 heavy (non-hydrogen) atoms. The predicted molar refractivity (Wildman–Crippen MR) is 111 cm³/mol. The minimum Gasteiger partial charge on any atom is -0.399 e. The highest BCUT2D eigenvalue weighted by atomic mass is 35.5. The van der Waals surface area contributed by atoms with E-state index in [0.29, 0.717) is 10.2 Å². The molecular formula is C20H19BCl2N2O2. The van der Waals surface area contributed by atoms with Gasteiger partial charge in [-0.05, 0) is 39.8 Å². The third-order valence-electron chi connectivity index (χ3n) is 5.40. The fourth-order valence-electron chi connectivity index (χ4n) is 3.17. The van der Waals surface area contributed by atoms with E-state index >= 15 is 0 Å². The number of hydrogen-bond donors (Lipinski definition) is 0. The Kier molecular flexibility index (Phi) is 4.47. The smallest absolute Gasteiger partial charge is 0.399 e. The Morgan fingerprint density at radius 2 is 1.59 bits per heavy atom. The summed E-state index contributed by atoms with van der Waals surface area (Å²) in [5, 5.41) is 2.78. The molecule has 1 aliphatic heterocycles. The monoisotopic (exact) mass is 400 g/mol. The predicted octanol–water partition coefficient (Wildman–Crippen LogP) is 4.90. The normalized spacial score (nSPS) is 18.2. The molecule has 4 nitrogen and oxygen atoms in total. The summed E-state index contributed by atoms with van der Waals surface area (Å²) in [4.78, 5) is 8.95. The molecule has 0 unspecified atom stereocenters. The number of nitrogens with zero attached hydrogens (tertiary/aromatic N) is 2. The molecule has 1 aliphatic rings. The molecule has 1 saturated heterocycles. The van der Waals surface area contributed by atoms with Crippen LogP contribution in [0.15, 0.2) is 42.7 Å². The molecule has 1 fully saturated rings. The van der Waals surface area contributed by atoms with Gasteiger partial charge in [0, 0.05) is 39.2 Å². The summed E-state index contributed by atoms with van der Waals surface area (Å²) in [5.41, 5.74) is 1.40. The maximum absolute atomic E-state index is 6.47. The lowest BCUT2D eigenvalue weighted by atomic mass is 9.74. The fourth-order valence-corrected chi connectivity index (χ4v) is 3.57. The van der Waals surface area contributed by atoms with E-state index in [0.717, 1.165) is 27.5 Å². The van der Waals surface area contributed by atoms with Crippen LogP contribution in [-0.4, -0.2) is 28.3 Å². The lowest BCUT2D eigenvalue weighted by Gasteiger charge is -2.32. The van der Waals surface area contributed by atoms with Crippen molar-refractivity contribution in [2.45, 2.75) is 38.9 Å². The van der Waals surface area contributed by atoms with Crippen LogP contribution in [0.1, 0.15) is 27.7 Å². The fraction of sp³-hybridized carbons (Fsp3) is 0.300. The van der Waals surface area contributed by atoms with E-state index in [1.54, 1.807) is 18.5 Å². The van der Waals surface area contributed by atoms with Crippen molar-refractivity contribution >= 4 is 46.6 Å². The van der Waals surface area contributed by atoms with Gasteiger partial charge in [-0.15, -0.1) is 0 Å². The van der Waals surface area contributed by atoms with Crippen molar-refractivity contribution in [3.05, 3.63) is 52.9 Å². The zero-order valence-corrected chi connectivity index (χ0v) is 17.1. The second kappa shape index (κ2) is 6.45. The largest absolute Gasteiger partial charge is 0.497 e. The number of rotatable bonds is 2. The van der Waals surface area contributed by atoms with E-state index in [9.17, 15) is 0 Å². The molecule has 138 valence electrons. The van der Waals surface area contributed by atoms with Crippen LogP contribution in [0.3, 0.4) is 0 Å². The summed E-state index contributed by atoms with van der Waals surface area (Å²) in [6, 6.07) is 9.39. The van der Waals surface area contributed by atoms with Crippen LogP contribution in [0.4, 0.5) is 0 Å². The van der Waals surface area contributed by atoms with Gasteiger partial charge < -0.3 is 9.31 Å². The standard InChI is InChI=1S/C20H19BCl2N2O2/c1-19(2)20(3,4)27-21(26-19)17-14-11-24-16(23)9-12(14)10-25-18(17)13-7-5-6-8-15(13)22/h5-11H,1-4H3. The highest BCUT2D eigenvalue weighted by Gasteiger charge is 2.53. The molecule has 0 radical (unpaired) electrons. The Balaban J connectivity index is 1.99. The highest BCUT2D eigenvalue weighted by molar-refractivity contribution is 6.67. The molecule has 0 bridgehead atoms. The minimum atomic E-state index is -0.597. The Labute approximate surface area is 169 Å². The summed E-state index contributed by atoms with van der Waals surface area (Å²) in [6.45, 7) is 8.09. The Morgan fingerprint density at radius 3 is 2.26 bits per heavy atom. The van der Waals surface area contributed by atoms with Gasteiger partial charge in [-0.1, -0.05) is 41.4 Å². The SMILES string of the molecule is CC1(C)OB(c2c(-c3ccccc3Cl)ncc3cc(Cl)ncc23)OC1(C)C. The quantitative estimate of drug-likeness (QED) is 0.453. The topological polar surface area (TPSA) is 44.2 Å². The van der Waals surface area contributed by atoms with Crippen LogP contribution in [0, 0.1) is 0 Å². The molecule has 0 N–H and O–H groups in total. The Bertz CT molecular complexity index is 1020. The zero-order chi connectivity index (χ0) is 19.4. The molecule has 0 aliphatic carbocycles. The number of benzene rings is 1. The van der Waals surface area contributed by atoms with Crippen molar-refractivity contribution in [1.29, 1.82) is 0 Å². The second-order valence-electron chi connectivity index (χ2n) is 7.68. The third kappa shape index (κ3) is 3.13. The van der Waals surface area contributed by atoms with Gasteiger partial charge in [0.25, 0.3) is 0 Å². The van der Waals surface area contributed by atoms with E-state index in [1.165, 1.54) is 0 Å². The summed E-state index contributed by atoms with van der Waals surface area (Å²) < 4.78 is 12.6. The Hall–Kier alpha value is -1.66. The van der Waals surface area contributed by atoms with Crippen molar-refractivity contribution in [2.24, 2.45) is 0 Å². The first-order valence-electron chi connectivity index (χ1n) is 8.74. The van der Waals surface area contributed by atoms with E-state index in [4.69, 9.17) is 32.5 Å². The van der Waals surface area contributed by atoms with Crippen molar-refractivity contribution < 1.29 is 9.31 Å². The van der Waals surface area contributed by atoms with Crippen LogP contribution < -0.4 is 5.46 Å². The molecule has 4 rings (SSSR count). The van der Waals surface area contributed by atoms with Gasteiger partial charge in [-0.25, -0.2) is 4.98 Å². The molecule has 3 heterocycles. The average Bonchev–Trinajstić information content (AvgIpc) is 2.81. The molecule has 7 heteroatoms. The maximum Gasteiger partial charge on any atom is 0.497 e. The molecule has 3 aromatic rings. The molecule has 1 aromatic carbocycles. The number of fused-ring (bicyclic) bond motifs is 1. The first kappa shape index (κ1) is 18.7. The summed E-state index contributed by atoms with van der Waals surface area (Å²) in [7, 11) is -0.597. The zero-order valence-electron chi connectivity index (χ0n) is 15.6. The van der Waals surface area contributed by atoms with E-state index in [2.05, 4.69) is 9.97 Å². The van der Waals surface area contributed by atoms with Crippen molar-refractivity contribution in [3.63, 3.8) is 0 Å². The first-order valence-corrected chi connectivity index (χ1v) is 9.50. The van der Waals surface area contributed by atoms with Crippen LogP contribution in [0.2, 0.25) is 10.2 Å². The Morgan fingerprint density at radius 1 is 0.926 bits per heavy atom. The van der Waals surface area contributed by atoms with E-state index in [-0.39, 0.29) is 0 Å². The van der Waals surface area contributed by atoms with Gasteiger partial charge in [-0.3, -0.25) is 4.98 Å². The van der Waals surface area contributed by atoms with Gasteiger partial charge in [-0.2, -0.15) is 0 Å². The summed E-state index contributed by atoms with van der Waals surface area (Å²) >= 11 is 12.5. The lowest BCUT2D eigenvalue weighted by molar-refractivity contribution is 0.00578. The van der Waals surface area contributed by atoms with Crippen LogP contribution in [-0.2, 0) is 9.31 Å². The van der Waals surface area contributed by atoms with E-state index in [1.807, 2.05) is 52.0 Å². The van der Waals surface area contributed by atoms with Gasteiger partial charge >= 0.3 is 7.12 Å². The van der Waals surface area contributed by atoms with E-state index < -0.39 is 18.3 Å². The maximum atomic E-state index is 6.47. The minimum absolute atomic E-state index is 0.412. The van der Waals surface area contributed by atoms with Crippen molar-refractivity contribution in [3.8, 4) is 11.3 Å². The van der Waals surface area contributed by atoms with Crippen LogP contribution in [0.5, 0.6) is 0 Å². The number of hydrogen-bond acceptors (Lipinski definition) is 4. The lowest BCUT2D eigenvalue weighted by Crippen LogP contribution is -2.41.